The highest BCUT2D eigenvalue weighted by atomic mass is 16.3. The molecule has 4 heteroatoms. The van der Waals surface area contributed by atoms with Crippen molar-refractivity contribution in [1.82, 2.24) is 9.78 Å². The molecule has 0 saturated carbocycles. The van der Waals surface area contributed by atoms with E-state index in [1.807, 2.05) is 17.8 Å². The lowest BCUT2D eigenvalue weighted by molar-refractivity contribution is 0.265. The lowest BCUT2D eigenvalue weighted by Gasteiger charge is -2.04. The van der Waals surface area contributed by atoms with Crippen LogP contribution in [0, 0.1) is 0 Å². The molecule has 1 aromatic heterocycles. The van der Waals surface area contributed by atoms with Gasteiger partial charge < -0.3 is 10.8 Å². The van der Waals surface area contributed by atoms with Crippen molar-refractivity contribution in [2.45, 2.75) is 25.9 Å². The second-order valence-corrected chi connectivity index (χ2v) is 2.85. The molecule has 0 radical (unpaired) electrons. The molecule has 0 saturated heterocycles. The van der Waals surface area contributed by atoms with Crippen LogP contribution in [0.5, 0.6) is 0 Å². The molecule has 68 valence electrons. The van der Waals surface area contributed by atoms with Crippen LogP contribution >= 0.6 is 0 Å². The Balaban J connectivity index is 2.52. The summed E-state index contributed by atoms with van der Waals surface area (Å²) >= 11 is 0. The van der Waals surface area contributed by atoms with Gasteiger partial charge in [0.15, 0.2) is 0 Å². The van der Waals surface area contributed by atoms with Crippen LogP contribution in [0.25, 0.3) is 0 Å². The number of aromatic nitrogens is 2. The van der Waals surface area contributed by atoms with E-state index < -0.39 is 0 Å². The average Bonchev–Trinajstić information content (AvgIpc) is 2.52. The minimum atomic E-state index is -0.167. The SMILES string of the molecule is CCn1cc(CC(N)CO)cn1. The van der Waals surface area contributed by atoms with E-state index >= 15 is 0 Å². The Labute approximate surface area is 72.0 Å². The molecule has 0 aliphatic heterocycles. The fourth-order valence-corrected chi connectivity index (χ4v) is 1.05. The fourth-order valence-electron chi connectivity index (χ4n) is 1.05. The Morgan fingerprint density at radius 3 is 3.00 bits per heavy atom. The van der Waals surface area contributed by atoms with Crippen LogP contribution in [-0.4, -0.2) is 27.5 Å². The molecule has 1 unspecified atom stereocenters. The molecule has 1 aromatic rings. The molecule has 3 N–H and O–H groups in total. The van der Waals surface area contributed by atoms with Gasteiger partial charge in [-0.3, -0.25) is 4.68 Å². The van der Waals surface area contributed by atoms with Crippen LogP contribution in [0.1, 0.15) is 12.5 Å². The quantitative estimate of drug-likeness (QED) is 0.654. The first-order valence-electron chi connectivity index (χ1n) is 4.14. The van der Waals surface area contributed by atoms with Gasteiger partial charge in [0.2, 0.25) is 0 Å². The monoisotopic (exact) mass is 169 g/mol. The van der Waals surface area contributed by atoms with E-state index in [0.717, 1.165) is 12.1 Å². The van der Waals surface area contributed by atoms with Crippen molar-refractivity contribution in [3.8, 4) is 0 Å². The van der Waals surface area contributed by atoms with Gasteiger partial charge in [-0.15, -0.1) is 0 Å². The van der Waals surface area contributed by atoms with E-state index in [1.54, 1.807) is 6.20 Å². The highest BCUT2D eigenvalue weighted by molar-refractivity contribution is 5.05. The molecule has 1 atom stereocenters. The Morgan fingerprint density at radius 2 is 2.50 bits per heavy atom. The summed E-state index contributed by atoms with van der Waals surface area (Å²) in [7, 11) is 0. The maximum atomic E-state index is 8.71. The fraction of sp³-hybridized carbons (Fsp3) is 0.625. The number of aliphatic hydroxyl groups excluding tert-OH is 1. The van der Waals surface area contributed by atoms with Gasteiger partial charge in [0.05, 0.1) is 12.8 Å². The van der Waals surface area contributed by atoms with Crippen LogP contribution in [0.4, 0.5) is 0 Å². The van der Waals surface area contributed by atoms with Gasteiger partial charge in [0.1, 0.15) is 0 Å². The number of nitrogens with zero attached hydrogens (tertiary/aromatic N) is 2. The molecule has 0 fully saturated rings. The Bertz CT molecular complexity index is 234. The van der Waals surface area contributed by atoms with Crippen LogP contribution in [0.2, 0.25) is 0 Å². The largest absolute Gasteiger partial charge is 0.395 e. The lowest BCUT2D eigenvalue weighted by Crippen LogP contribution is -2.26. The molecule has 0 spiro atoms. The van der Waals surface area contributed by atoms with Crippen molar-refractivity contribution in [1.29, 1.82) is 0 Å². The van der Waals surface area contributed by atoms with Crippen molar-refractivity contribution >= 4 is 0 Å². The van der Waals surface area contributed by atoms with E-state index in [2.05, 4.69) is 5.10 Å². The second-order valence-electron chi connectivity index (χ2n) is 2.85. The first-order valence-corrected chi connectivity index (χ1v) is 4.14. The van der Waals surface area contributed by atoms with Gasteiger partial charge in [0, 0.05) is 18.8 Å². The summed E-state index contributed by atoms with van der Waals surface area (Å²) in [5, 5.41) is 12.8. The van der Waals surface area contributed by atoms with Gasteiger partial charge in [-0.25, -0.2) is 0 Å². The summed E-state index contributed by atoms with van der Waals surface area (Å²) in [5.41, 5.74) is 6.65. The summed E-state index contributed by atoms with van der Waals surface area (Å²) in [6, 6.07) is -0.167. The van der Waals surface area contributed by atoms with Gasteiger partial charge in [-0.2, -0.15) is 5.10 Å². The summed E-state index contributed by atoms with van der Waals surface area (Å²) in [6.45, 7) is 2.93. The van der Waals surface area contributed by atoms with Gasteiger partial charge in [-0.1, -0.05) is 0 Å². The first-order chi connectivity index (χ1) is 5.76. The van der Waals surface area contributed by atoms with Crippen molar-refractivity contribution in [3.05, 3.63) is 18.0 Å². The third-order valence-corrected chi connectivity index (χ3v) is 1.74. The average molecular weight is 169 g/mol. The maximum Gasteiger partial charge on any atom is 0.0585 e. The molecule has 4 nitrogen and oxygen atoms in total. The molecule has 0 aromatic carbocycles. The topological polar surface area (TPSA) is 64.1 Å². The van der Waals surface area contributed by atoms with Crippen LogP contribution in [0.15, 0.2) is 12.4 Å². The predicted molar refractivity (Wildman–Crippen MR) is 46.7 cm³/mol. The highest BCUT2D eigenvalue weighted by Gasteiger charge is 2.03. The summed E-state index contributed by atoms with van der Waals surface area (Å²) in [6.07, 6.45) is 4.44. The third-order valence-electron chi connectivity index (χ3n) is 1.74. The molecular formula is C8H15N3O. The molecule has 1 rings (SSSR count). The van der Waals surface area contributed by atoms with E-state index in [-0.39, 0.29) is 12.6 Å². The van der Waals surface area contributed by atoms with Gasteiger partial charge >= 0.3 is 0 Å². The van der Waals surface area contributed by atoms with Gasteiger partial charge in [-0.05, 0) is 18.9 Å². The van der Waals surface area contributed by atoms with E-state index in [0.29, 0.717) is 6.42 Å². The van der Waals surface area contributed by atoms with Crippen molar-refractivity contribution in [2.24, 2.45) is 5.73 Å². The predicted octanol–water partition coefficient (Wildman–Crippen LogP) is -0.235. The zero-order chi connectivity index (χ0) is 8.97. The zero-order valence-electron chi connectivity index (χ0n) is 7.27. The Morgan fingerprint density at radius 1 is 1.75 bits per heavy atom. The minimum absolute atomic E-state index is 0.0251. The van der Waals surface area contributed by atoms with Crippen LogP contribution in [0.3, 0.4) is 0 Å². The van der Waals surface area contributed by atoms with Gasteiger partial charge in [0.25, 0.3) is 0 Å². The zero-order valence-corrected chi connectivity index (χ0v) is 7.27. The highest BCUT2D eigenvalue weighted by Crippen LogP contribution is 2.00. The molecule has 0 aliphatic rings. The normalized spacial score (nSPS) is 13.2. The molecule has 1 heterocycles. The first kappa shape index (κ1) is 9.22. The number of aliphatic hydroxyl groups is 1. The van der Waals surface area contributed by atoms with E-state index in [9.17, 15) is 0 Å². The number of rotatable bonds is 4. The number of nitrogens with two attached hydrogens (primary N) is 1. The van der Waals surface area contributed by atoms with E-state index in [4.69, 9.17) is 10.8 Å². The van der Waals surface area contributed by atoms with Crippen molar-refractivity contribution in [3.63, 3.8) is 0 Å². The second kappa shape index (κ2) is 4.23. The summed E-state index contributed by atoms with van der Waals surface area (Å²) in [5.74, 6) is 0. The number of aryl methyl sites for hydroxylation is 1. The number of hydrogen-bond donors (Lipinski definition) is 2. The Kier molecular flexibility index (Phi) is 3.25. The standard InChI is InChI=1S/C8H15N3O/c1-2-11-5-7(4-10-11)3-8(9)6-12/h4-5,8,12H,2-3,6,9H2,1H3. The molecule has 0 amide bonds. The summed E-state index contributed by atoms with van der Waals surface area (Å²) < 4.78 is 1.85. The minimum Gasteiger partial charge on any atom is -0.395 e. The molecule has 0 bridgehead atoms. The van der Waals surface area contributed by atoms with Crippen molar-refractivity contribution in [2.75, 3.05) is 6.61 Å². The molecular weight excluding hydrogens is 154 g/mol. The van der Waals surface area contributed by atoms with Crippen LogP contribution in [-0.2, 0) is 13.0 Å². The van der Waals surface area contributed by atoms with E-state index in [1.165, 1.54) is 0 Å². The molecule has 0 aliphatic carbocycles. The molecule has 12 heavy (non-hydrogen) atoms. The van der Waals surface area contributed by atoms with Crippen LogP contribution < -0.4 is 5.73 Å². The smallest absolute Gasteiger partial charge is 0.0585 e. The number of hydrogen-bond acceptors (Lipinski definition) is 3. The maximum absolute atomic E-state index is 8.71. The van der Waals surface area contributed by atoms with Crippen molar-refractivity contribution < 1.29 is 5.11 Å². The third kappa shape index (κ3) is 2.32. The lowest BCUT2D eigenvalue weighted by atomic mass is 10.1. The Hall–Kier alpha value is -0.870. The summed E-state index contributed by atoms with van der Waals surface area (Å²) in [4.78, 5) is 0.